The van der Waals surface area contributed by atoms with Crippen molar-refractivity contribution in [2.24, 2.45) is 0 Å². The van der Waals surface area contributed by atoms with E-state index in [1.807, 2.05) is 18.2 Å². The van der Waals surface area contributed by atoms with Crippen molar-refractivity contribution in [3.63, 3.8) is 0 Å². The Morgan fingerprint density at radius 2 is 1.79 bits per heavy atom. The van der Waals surface area contributed by atoms with Crippen LogP contribution in [-0.2, 0) is 0 Å². The first kappa shape index (κ1) is 22.7. The second kappa shape index (κ2) is 9.57. The molecule has 1 aromatic heterocycles. The number of ether oxygens (including phenoxy) is 3. The zero-order valence-corrected chi connectivity index (χ0v) is 19.2. The van der Waals surface area contributed by atoms with Gasteiger partial charge in [-0.2, -0.15) is 5.26 Å². The van der Waals surface area contributed by atoms with Gasteiger partial charge < -0.3 is 19.5 Å². The van der Waals surface area contributed by atoms with Crippen molar-refractivity contribution in [3.8, 4) is 23.3 Å². The molecule has 4 rings (SSSR count). The molecular weight excluding hydrogens is 468 g/mol. The number of nitrogens with zero attached hydrogens (tertiary/aromatic N) is 2. The number of anilines is 2. The molecule has 0 unspecified atom stereocenters. The summed E-state index contributed by atoms with van der Waals surface area (Å²) in [6.07, 6.45) is 1.47. The Bertz CT molecular complexity index is 1410. The molecule has 3 aromatic carbocycles. The third-order valence-electron chi connectivity index (χ3n) is 5.11. The fraction of sp³-hybridized carbons (Fsp3) is 0.167. The highest BCUT2D eigenvalue weighted by molar-refractivity contribution is 6.33. The molecule has 4 aromatic rings. The highest BCUT2D eigenvalue weighted by Crippen LogP contribution is 2.41. The Labute approximate surface area is 199 Å². The number of benzene rings is 3. The van der Waals surface area contributed by atoms with Gasteiger partial charge in [0.25, 0.3) is 0 Å². The van der Waals surface area contributed by atoms with Crippen LogP contribution in [0, 0.1) is 17.1 Å². The number of nitriles is 1. The van der Waals surface area contributed by atoms with E-state index in [0.29, 0.717) is 51.8 Å². The highest BCUT2D eigenvalue weighted by atomic mass is 35.5. The molecule has 1 N–H and O–H groups in total. The zero-order valence-electron chi connectivity index (χ0n) is 17.7. The van der Waals surface area contributed by atoms with E-state index >= 15 is 0 Å². The standard InChI is InChI=1S/C24H18Cl2FN3O3/c1-31-20-6-5-14-15(24(20)33-8-7-25)3-4-16-22(13(11-28)12-29-23(14)16)30-19-10-21(32-2)18(27)9-17(19)26/h3-6,9-10,12H,7-8H2,1-2H3,(H,29,30). The van der Waals surface area contributed by atoms with Crippen LogP contribution < -0.4 is 19.5 Å². The number of aromatic nitrogens is 1. The second-order valence-corrected chi connectivity index (χ2v) is 7.73. The van der Waals surface area contributed by atoms with Gasteiger partial charge in [-0.15, -0.1) is 11.6 Å². The van der Waals surface area contributed by atoms with E-state index < -0.39 is 5.82 Å². The summed E-state index contributed by atoms with van der Waals surface area (Å²) in [7, 11) is 2.93. The molecule has 0 amide bonds. The van der Waals surface area contributed by atoms with Crippen molar-refractivity contribution < 1.29 is 18.6 Å². The lowest BCUT2D eigenvalue weighted by molar-refractivity contribution is 0.316. The molecule has 0 atom stereocenters. The Morgan fingerprint density at radius 3 is 2.48 bits per heavy atom. The van der Waals surface area contributed by atoms with Gasteiger partial charge in [-0.05, 0) is 30.3 Å². The summed E-state index contributed by atoms with van der Waals surface area (Å²) in [6.45, 7) is 0.313. The van der Waals surface area contributed by atoms with E-state index in [-0.39, 0.29) is 10.8 Å². The van der Waals surface area contributed by atoms with Crippen molar-refractivity contribution in [2.75, 3.05) is 32.0 Å². The lowest BCUT2D eigenvalue weighted by atomic mass is 10.0. The van der Waals surface area contributed by atoms with Crippen LogP contribution in [0.1, 0.15) is 5.56 Å². The summed E-state index contributed by atoms with van der Waals surface area (Å²) in [5.41, 5.74) is 1.81. The summed E-state index contributed by atoms with van der Waals surface area (Å²) in [6, 6.07) is 12.1. The summed E-state index contributed by atoms with van der Waals surface area (Å²) in [5, 5.41) is 15.3. The minimum absolute atomic E-state index is 0.0254. The van der Waals surface area contributed by atoms with Gasteiger partial charge in [-0.25, -0.2) is 4.39 Å². The molecule has 0 fully saturated rings. The molecule has 0 radical (unpaired) electrons. The molecule has 33 heavy (non-hydrogen) atoms. The third kappa shape index (κ3) is 4.15. The molecule has 0 aliphatic rings. The summed E-state index contributed by atoms with van der Waals surface area (Å²) < 4.78 is 30.4. The highest BCUT2D eigenvalue weighted by Gasteiger charge is 2.18. The van der Waals surface area contributed by atoms with Crippen LogP contribution in [0.15, 0.2) is 42.6 Å². The second-order valence-electron chi connectivity index (χ2n) is 6.94. The fourth-order valence-electron chi connectivity index (χ4n) is 3.61. The van der Waals surface area contributed by atoms with Crippen molar-refractivity contribution in [1.82, 2.24) is 4.98 Å². The average molecular weight is 486 g/mol. The van der Waals surface area contributed by atoms with Gasteiger partial charge in [0, 0.05) is 28.4 Å². The van der Waals surface area contributed by atoms with Gasteiger partial charge in [0.1, 0.15) is 12.7 Å². The van der Waals surface area contributed by atoms with E-state index in [4.69, 9.17) is 37.4 Å². The van der Waals surface area contributed by atoms with Gasteiger partial charge >= 0.3 is 0 Å². The summed E-state index contributed by atoms with van der Waals surface area (Å²) >= 11 is 12.1. The Balaban J connectivity index is 1.94. The van der Waals surface area contributed by atoms with Crippen LogP contribution in [0.3, 0.4) is 0 Å². The number of hydrogen-bond acceptors (Lipinski definition) is 6. The first-order chi connectivity index (χ1) is 16.0. The number of halogens is 3. The number of methoxy groups -OCH3 is 2. The van der Waals surface area contributed by atoms with Gasteiger partial charge in [-0.3, -0.25) is 4.98 Å². The topological polar surface area (TPSA) is 76.4 Å². The minimum Gasteiger partial charge on any atom is -0.494 e. The van der Waals surface area contributed by atoms with Crippen molar-refractivity contribution in [3.05, 3.63) is 59.0 Å². The molecule has 1 heterocycles. The van der Waals surface area contributed by atoms with Crippen LogP contribution in [-0.4, -0.2) is 31.7 Å². The SMILES string of the molecule is COc1cc(Nc2c(C#N)cnc3c2ccc2c(OCCCl)c(OC)ccc23)c(Cl)cc1F. The van der Waals surface area contributed by atoms with Crippen molar-refractivity contribution in [1.29, 1.82) is 5.26 Å². The molecule has 0 saturated heterocycles. The number of alkyl halides is 1. The Kier molecular flexibility index (Phi) is 6.59. The summed E-state index contributed by atoms with van der Waals surface area (Å²) in [4.78, 5) is 4.53. The van der Waals surface area contributed by atoms with E-state index in [1.165, 1.54) is 19.4 Å². The molecule has 0 spiro atoms. The van der Waals surface area contributed by atoms with Crippen LogP contribution in [0.2, 0.25) is 5.02 Å². The number of hydrogen-bond donors (Lipinski definition) is 1. The van der Waals surface area contributed by atoms with E-state index in [2.05, 4.69) is 16.4 Å². The molecule has 0 aliphatic heterocycles. The molecular formula is C24H18Cl2FN3O3. The number of rotatable bonds is 7. The fourth-order valence-corrected chi connectivity index (χ4v) is 3.88. The average Bonchev–Trinajstić information content (AvgIpc) is 2.83. The van der Waals surface area contributed by atoms with Crippen LogP contribution in [0.25, 0.3) is 21.7 Å². The third-order valence-corrected chi connectivity index (χ3v) is 5.58. The predicted molar refractivity (Wildman–Crippen MR) is 128 cm³/mol. The van der Waals surface area contributed by atoms with E-state index in [1.54, 1.807) is 13.2 Å². The maximum absolute atomic E-state index is 14.0. The molecule has 0 bridgehead atoms. The zero-order chi connectivity index (χ0) is 23.5. The maximum atomic E-state index is 14.0. The minimum atomic E-state index is -0.586. The van der Waals surface area contributed by atoms with Crippen LogP contribution in [0.4, 0.5) is 15.8 Å². The molecule has 6 nitrogen and oxygen atoms in total. The van der Waals surface area contributed by atoms with E-state index in [0.717, 1.165) is 16.8 Å². The van der Waals surface area contributed by atoms with Gasteiger partial charge in [0.2, 0.25) is 0 Å². The molecule has 168 valence electrons. The van der Waals surface area contributed by atoms with E-state index in [9.17, 15) is 9.65 Å². The lowest BCUT2D eigenvalue weighted by Crippen LogP contribution is -2.02. The largest absolute Gasteiger partial charge is 0.494 e. The number of fused-ring (bicyclic) bond motifs is 3. The van der Waals surface area contributed by atoms with Crippen LogP contribution >= 0.6 is 23.2 Å². The monoisotopic (exact) mass is 485 g/mol. The normalized spacial score (nSPS) is 10.8. The number of pyridine rings is 1. The molecule has 0 aliphatic carbocycles. The first-order valence-electron chi connectivity index (χ1n) is 9.83. The van der Waals surface area contributed by atoms with Crippen molar-refractivity contribution >= 4 is 56.3 Å². The quantitative estimate of drug-likeness (QED) is 0.240. The Morgan fingerprint density at radius 1 is 1.06 bits per heavy atom. The number of nitrogens with one attached hydrogen (secondary N) is 1. The Hall–Kier alpha value is -3.47. The lowest BCUT2D eigenvalue weighted by Gasteiger charge is -2.17. The van der Waals surface area contributed by atoms with Gasteiger partial charge in [-0.1, -0.05) is 11.6 Å². The summed E-state index contributed by atoms with van der Waals surface area (Å²) in [5.74, 6) is 0.899. The van der Waals surface area contributed by atoms with Crippen molar-refractivity contribution in [2.45, 2.75) is 0 Å². The van der Waals surface area contributed by atoms with Gasteiger partial charge in [0.15, 0.2) is 23.1 Å². The van der Waals surface area contributed by atoms with Crippen LogP contribution in [0.5, 0.6) is 17.2 Å². The van der Waals surface area contributed by atoms with Gasteiger partial charge in [0.05, 0.1) is 47.6 Å². The maximum Gasteiger partial charge on any atom is 0.169 e. The smallest absolute Gasteiger partial charge is 0.169 e. The predicted octanol–water partition coefficient (Wildman–Crippen LogP) is 6.43. The molecule has 9 heteroatoms. The molecule has 0 saturated carbocycles. The first-order valence-corrected chi connectivity index (χ1v) is 10.7.